The molecular weight excluding hydrogens is 653 g/mol. The summed E-state index contributed by atoms with van der Waals surface area (Å²) in [7, 11) is -5.50. The van der Waals surface area contributed by atoms with Crippen molar-refractivity contribution in [3.05, 3.63) is 88.0 Å². The standard InChI is InChI=1S/C30H26F6N2O6S.Na/c31-19-12-18(30(41)42)22(39)13-21(19)37(14-15-6-8-17(9-7-15)16-4-2-1-3-5-16)29(40)20-10-11-38(20)45(43,44)28-26(35)24(33)23(32)25(34)27(28)36;/h6-9,12-13,16,20,39H,1-5,10-11,14H2,(H,41,42);/q;+1/p-1/t20-;/m1./s1. The Kier molecular flexibility index (Phi) is 10.8. The summed E-state index contributed by atoms with van der Waals surface area (Å²) in [5, 5.41) is 21.5. The van der Waals surface area contributed by atoms with Crippen molar-refractivity contribution in [1.29, 1.82) is 0 Å². The number of carbonyl (C=O) groups excluding carboxylic acids is 2. The molecule has 1 N–H and O–H groups in total. The number of phenols is 1. The van der Waals surface area contributed by atoms with Crippen molar-refractivity contribution in [2.24, 2.45) is 0 Å². The van der Waals surface area contributed by atoms with Gasteiger partial charge in [-0.15, -0.1) is 0 Å². The Morgan fingerprint density at radius 1 is 0.870 bits per heavy atom. The van der Waals surface area contributed by atoms with Crippen molar-refractivity contribution < 1.29 is 84.1 Å². The predicted molar refractivity (Wildman–Crippen MR) is 144 cm³/mol. The molecule has 3 aromatic carbocycles. The van der Waals surface area contributed by atoms with Crippen LogP contribution in [0.5, 0.6) is 5.75 Å². The van der Waals surface area contributed by atoms with E-state index in [1.807, 2.05) is 12.1 Å². The van der Waals surface area contributed by atoms with Gasteiger partial charge in [0, 0.05) is 18.2 Å². The number of amides is 1. The molecule has 0 spiro atoms. The Bertz CT molecular complexity index is 1760. The smallest absolute Gasteiger partial charge is 0.545 e. The van der Waals surface area contributed by atoms with Gasteiger partial charge in [0.2, 0.25) is 21.7 Å². The maximum absolute atomic E-state index is 15.3. The fourth-order valence-corrected chi connectivity index (χ4v) is 7.47. The molecule has 0 unspecified atom stereocenters. The molecule has 0 bridgehead atoms. The van der Waals surface area contributed by atoms with Gasteiger partial charge in [0.05, 0.1) is 18.2 Å². The van der Waals surface area contributed by atoms with E-state index in [0.29, 0.717) is 28.5 Å². The fourth-order valence-electron chi connectivity index (χ4n) is 5.72. The van der Waals surface area contributed by atoms with Crippen molar-refractivity contribution in [2.75, 3.05) is 11.4 Å². The second kappa shape index (κ2) is 13.9. The van der Waals surface area contributed by atoms with Gasteiger partial charge in [-0.05, 0) is 42.4 Å². The molecule has 1 saturated carbocycles. The van der Waals surface area contributed by atoms with Crippen LogP contribution in [0, 0.1) is 34.9 Å². The number of halogens is 6. The third-order valence-corrected chi connectivity index (χ3v) is 10.2. The summed E-state index contributed by atoms with van der Waals surface area (Å²) in [5.41, 5.74) is -0.143. The van der Waals surface area contributed by atoms with Crippen LogP contribution in [-0.2, 0) is 21.4 Å². The fraction of sp³-hybridized carbons (Fsp3) is 0.333. The van der Waals surface area contributed by atoms with Crippen molar-refractivity contribution >= 4 is 27.6 Å². The number of hydrogen-bond acceptors (Lipinski definition) is 6. The van der Waals surface area contributed by atoms with Crippen molar-refractivity contribution in [3.8, 4) is 5.75 Å². The van der Waals surface area contributed by atoms with E-state index >= 15 is 4.39 Å². The normalized spacial score (nSPS) is 17.2. The summed E-state index contributed by atoms with van der Waals surface area (Å²) in [4.78, 5) is 23.7. The van der Waals surface area contributed by atoms with Crippen LogP contribution in [0.3, 0.4) is 0 Å². The van der Waals surface area contributed by atoms with Crippen LogP contribution in [0.25, 0.3) is 0 Å². The zero-order valence-corrected chi connectivity index (χ0v) is 27.2. The van der Waals surface area contributed by atoms with Gasteiger partial charge in [-0.25, -0.2) is 34.8 Å². The zero-order chi connectivity index (χ0) is 32.8. The number of benzene rings is 3. The number of carboxylic acid groups (broad SMARTS) is 1. The van der Waals surface area contributed by atoms with Gasteiger partial charge in [0.15, 0.2) is 28.2 Å². The second-order valence-electron chi connectivity index (χ2n) is 10.9. The molecule has 8 nitrogen and oxygen atoms in total. The van der Waals surface area contributed by atoms with E-state index in [1.54, 1.807) is 12.1 Å². The minimum Gasteiger partial charge on any atom is -0.545 e. The summed E-state index contributed by atoms with van der Waals surface area (Å²) in [5.74, 6) is -17.9. The Labute approximate surface area is 282 Å². The molecule has 1 aliphatic carbocycles. The number of hydrogen-bond donors (Lipinski definition) is 1. The van der Waals surface area contributed by atoms with Gasteiger partial charge in [0.1, 0.15) is 17.6 Å². The summed E-state index contributed by atoms with van der Waals surface area (Å²) in [6.07, 6.45) is 4.99. The number of carbonyl (C=O) groups is 2. The molecule has 3 aromatic rings. The summed E-state index contributed by atoms with van der Waals surface area (Å²) < 4.78 is 112. The molecule has 2 aliphatic rings. The number of nitrogens with zero attached hydrogens (tertiary/aromatic N) is 2. The van der Waals surface area contributed by atoms with E-state index in [1.165, 1.54) is 0 Å². The Morgan fingerprint density at radius 3 is 1.96 bits per heavy atom. The first-order valence-electron chi connectivity index (χ1n) is 13.9. The number of carboxylic acids is 1. The van der Waals surface area contributed by atoms with Crippen molar-refractivity contribution in [1.82, 2.24) is 4.31 Å². The third kappa shape index (κ3) is 6.52. The summed E-state index contributed by atoms with van der Waals surface area (Å²) >= 11 is 0. The van der Waals surface area contributed by atoms with Crippen molar-refractivity contribution in [2.45, 2.75) is 61.9 Å². The summed E-state index contributed by atoms with van der Waals surface area (Å²) in [6.45, 7) is -0.989. The van der Waals surface area contributed by atoms with Gasteiger partial charge >= 0.3 is 29.6 Å². The van der Waals surface area contributed by atoms with E-state index in [-0.39, 0.29) is 40.3 Å². The molecule has 0 radical (unpaired) electrons. The molecule has 5 rings (SSSR count). The Balaban J connectivity index is 0.00000480. The van der Waals surface area contributed by atoms with E-state index in [4.69, 9.17) is 0 Å². The Morgan fingerprint density at radius 2 is 1.43 bits per heavy atom. The number of aromatic hydroxyl groups is 1. The van der Waals surface area contributed by atoms with Crippen LogP contribution in [0.2, 0.25) is 0 Å². The molecular formula is C30H25F6N2NaO6S. The predicted octanol–water partition coefficient (Wildman–Crippen LogP) is 1.64. The largest absolute Gasteiger partial charge is 1.00 e. The first kappa shape index (κ1) is 35.7. The Hall–Kier alpha value is -3.11. The number of aromatic carboxylic acids is 1. The quantitative estimate of drug-likeness (QED) is 0.168. The van der Waals surface area contributed by atoms with Crippen LogP contribution >= 0.6 is 0 Å². The van der Waals surface area contributed by atoms with E-state index in [0.717, 1.165) is 37.7 Å². The molecule has 1 aliphatic heterocycles. The molecule has 16 heteroatoms. The molecule has 2 fully saturated rings. The van der Waals surface area contributed by atoms with Crippen LogP contribution in [0.4, 0.5) is 32.0 Å². The average Bonchev–Trinajstić information content (AvgIpc) is 2.98. The maximum Gasteiger partial charge on any atom is 1.00 e. The van der Waals surface area contributed by atoms with E-state index < -0.39 is 97.8 Å². The van der Waals surface area contributed by atoms with Crippen LogP contribution in [0.1, 0.15) is 65.9 Å². The molecule has 1 saturated heterocycles. The summed E-state index contributed by atoms with van der Waals surface area (Å²) in [6, 6.07) is 6.19. The van der Waals surface area contributed by atoms with Crippen LogP contribution in [-0.4, -0.2) is 42.3 Å². The van der Waals surface area contributed by atoms with E-state index in [2.05, 4.69) is 0 Å². The number of sulfonamides is 1. The topological polar surface area (TPSA) is 118 Å². The zero-order valence-electron chi connectivity index (χ0n) is 24.3. The van der Waals surface area contributed by atoms with Gasteiger partial charge in [-0.1, -0.05) is 43.5 Å². The third-order valence-electron chi connectivity index (χ3n) is 8.23. The molecule has 240 valence electrons. The SMILES string of the molecule is O=C([O-])c1cc(F)c(N(Cc2ccc(C3CCCCC3)cc2)C(=O)[C@H]2CCN2S(=O)(=O)c2c(F)c(F)c(F)c(F)c2F)cc1O.[Na+]. The second-order valence-corrected chi connectivity index (χ2v) is 12.8. The number of anilines is 1. The van der Waals surface area contributed by atoms with Gasteiger partial charge < -0.3 is 19.9 Å². The molecule has 46 heavy (non-hydrogen) atoms. The average molecular weight is 679 g/mol. The number of rotatable bonds is 8. The molecule has 1 heterocycles. The molecule has 0 aromatic heterocycles. The molecule has 1 amide bonds. The van der Waals surface area contributed by atoms with Crippen LogP contribution < -0.4 is 39.6 Å². The maximum atomic E-state index is 15.3. The minimum atomic E-state index is -5.50. The van der Waals surface area contributed by atoms with Gasteiger partial charge in [-0.2, -0.15) is 4.31 Å². The minimum absolute atomic E-state index is 0. The monoisotopic (exact) mass is 678 g/mol. The van der Waals surface area contributed by atoms with Crippen LogP contribution in [0.15, 0.2) is 41.3 Å². The first-order valence-corrected chi connectivity index (χ1v) is 15.3. The van der Waals surface area contributed by atoms with Crippen molar-refractivity contribution in [3.63, 3.8) is 0 Å². The van der Waals surface area contributed by atoms with E-state index in [9.17, 15) is 50.2 Å². The van der Waals surface area contributed by atoms with Gasteiger partial charge in [0.25, 0.3) is 0 Å². The molecule has 1 atom stereocenters. The van der Waals surface area contributed by atoms with Gasteiger partial charge in [-0.3, -0.25) is 4.79 Å². The first-order chi connectivity index (χ1) is 21.2.